The zero-order valence-corrected chi connectivity index (χ0v) is 7.79. The molecule has 0 saturated carbocycles. The Morgan fingerprint density at radius 2 is 2.36 bits per heavy atom. The predicted octanol–water partition coefficient (Wildman–Crippen LogP) is 1.07. The smallest absolute Gasteiger partial charge is 0.130 e. The SMILES string of the molecule is Nc1cccc(F)c1[C@H]1COCCN1. The number of rotatable bonds is 1. The van der Waals surface area contributed by atoms with E-state index in [1.54, 1.807) is 12.1 Å². The van der Waals surface area contributed by atoms with Crippen LogP contribution < -0.4 is 11.1 Å². The molecule has 1 aromatic rings. The summed E-state index contributed by atoms with van der Waals surface area (Å²) < 4.78 is 18.7. The van der Waals surface area contributed by atoms with Crippen LogP contribution in [0.3, 0.4) is 0 Å². The number of nitrogen functional groups attached to an aromatic ring is 1. The van der Waals surface area contributed by atoms with E-state index in [0.717, 1.165) is 6.54 Å². The fourth-order valence-electron chi connectivity index (χ4n) is 1.67. The van der Waals surface area contributed by atoms with Crippen LogP contribution in [0.4, 0.5) is 10.1 Å². The molecule has 3 nitrogen and oxygen atoms in total. The number of hydrogen-bond donors (Lipinski definition) is 2. The highest BCUT2D eigenvalue weighted by atomic mass is 19.1. The van der Waals surface area contributed by atoms with Crippen LogP contribution >= 0.6 is 0 Å². The predicted molar refractivity (Wildman–Crippen MR) is 52.4 cm³/mol. The Hall–Kier alpha value is -1.13. The van der Waals surface area contributed by atoms with Crippen molar-refractivity contribution >= 4 is 5.69 Å². The molecule has 3 N–H and O–H groups in total. The second-order valence-corrected chi connectivity index (χ2v) is 3.32. The third-order valence-electron chi connectivity index (χ3n) is 2.36. The Kier molecular flexibility index (Phi) is 2.65. The van der Waals surface area contributed by atoms with Crippen LogP contribution in [-0.4, -0.2) is 19.8 Å². The van der Waals surface area contributed by atoms with Gasteiger partial charge in [-0.25, -0.2) is 4.39 Å². The van der Waals surface area contributed by atoms with Crippen molar-refractivity contribution < 1.29 is 9.13 Å². The highest BCUT2D eigenvalue weighted by molar-refractivity contribution is 5.49. The molecule has 0 unspecified atom stereocenters. The van der Waals surface area contributed by atoms with Crippen molar-refractivity contribution in [3.05, 3.63) is 29.6 Å². The summed E-state index contributed by atoms with van der Waals surface area (Å²) in [4.78, 5) is 0. The summed E-state index contributed by atoms with van der Waals surface area (Å²) in [6.07, 6.45) is 0. The monoisotopic (exact) mass is 196 g/mol. The van der Waals surface area contributed by atoms with Gasteiger partial charge >= 0.3 is 0 Å². The van der Waals surface area contributed by atoms with Crippen molar-refractivity contribution in [1.82, 2.24) is 5.32 Å². The Bertz CT molecular complexity index is 304. The van der Waals surface area contributed by atoms with Gasteiger partial charge < -0.3 is 15.8 Å². The lowest BCUT2D eigenvalue weighted by atomic mass is 10.0. The average Bonchev–Trinajstić information content (AvgIpc) is 2.19. The van der Waals surface area contributed by atoms with Gasteiger partial charge in [-0.3, -0.25) is 0 Å². The zero-order chi connectivity index (χ0) is 9.97. The molecule has 1 aliphatic rings. The van der Waals surface area contributed by atoms with Gasteiger partial charge in [-0.1, -0.05) is 6.07 Å². The average molecular weight is 196 g/mol. The van der Waals surface area contributed by atoms with E-state index in [9.17, 15) is 4.39 Å². The van der Waals surface area contributed by atoms with Crippen LogP contribution in [0.5, 0.6) is 0 Å². The topological polar surface area (TPSA) is 47.3 Å². The fourth-order valence-corrected chi connectivity index (χ4v) is 1.67. The van der Waals surface area contributed by atoms with Gasteiger partial charge in [-0.05, 0) is 12.1 Å². The minimum atomic E-state index is -0.270. The van der Waals surface area contributed by atoms with Gasteiger partial charge in [0.05, 0.1) is 19.3 Å². The number of benzene rings is 1. The summed E-state index contributed by atoms with van der Waals surface area (Å²) in [5.74, 6) is -0.270. The normalized spacial score (nSPS) is 22.2. The summed E-state index contributed by atoms with van der Waals surface area (Å²) in [6, 6.07) is 4.61. The maximum Gasteiger partial charge on any atom is 0.130 e. The van der Waals surface area contributed by atoms with Gasteiger partial charge in [0.15, 0.2) is 0 Å². The molecule has 1 atom stereocenters. The fraction of sp³-hybridized carbons (Fsp3) is 0.400. The molecule has 1 aromatic carbocycles. The van der Waals surface area contributed by atoms with Gasteiger partial charge in [0, 0.05) is 17.8 Å². The van der Waals surface area contributed by atoms with E-state index in [1.165, 1.54) is 6.07 Å². The third-order valence-corrected chi connectivity index (χ3v) is 2.36. The molecule has 1 heterocycles. The number of nitrogens with one attached hydrogen (secondary N) is 1. The van der Waals surface area contributed by atoms with Crippen LogP contribution in [0.1, 0.15) is 11.6 Å². The number of morpholine rings is 1. The van der Waals surface area contributed by atoms with E-state index in [-0.39, 0.29) is 11.9 Å². The van der Waals surface area contributed by atoms with E-state index in [4.69, 9.17) is 10.5 Å². The van der Waals surface area contributed by atoms with E-state index < -0.39 is 0 Å². The van der Waals surface area contributed by atoms with Gasteiger partial charge in [0.2, 0.25) is 0 Å². The molecule has 1 saturated heterocycles. The van der Waals surface area contributed by atoms with Gasteiger partial charge in [-0.2, -0.15) is 0 Å². The second kappa shape index (κ2) is 3.94. The molecular weight excluding hydrogens is 183 g/mol. The minimum absolute atomic E-state index is 0.120. The van der Waals surface area contributed by atoms with Crippen LogP contribution in [0.15, 0.2) is 18.2 Å². The lowest BCUT2D eigenvalue weighted by Crippen LogP contribution is -2.35. The second-order valence-electron chi connectivity index (χ2n) is 3.32. The molecule has 0 bridgehead atoms. The van der Waals surface area contributed by atoms with Crippen LogP contribution in [-0.2, 0) is 4.74 Å². The van der Waals surface area contributed by atoms with Crippen molar-refractivity contribution in [3.8, 4) is 0 Å². The third kappa shape index (κ3) is 1.71. The van der Waals surface area contributed by atoms with Crippen molar-refractivity contribution in [3.63, 3.8) is 0 Å². The number of ether oxygens (including phenoxy) is 1. The Balaban J connectivity index is 2.29. The molecular formula is C10H13FN2O. The zero-order valence-electron chi connectivity index (χ0n) is 7.79. The Labute approximate surface area is 82.1 Å². The summed E-state index contributed by atoms with van der Waals surface area (Å²) in [5.41, 5.74) is 6.72. The van der Waals surface area contributed by atoms with Crippen LogP contribution in [0.2, 0.25) is 0 Å². The summed E-state index contributed by atoms with van der Waals surface area (Å²) in [6.45, 7) is 1.88. The first-order valence-electron chi connectivity index (χ1n) is 4.64. The molecule has 0 radical (unpaired) electrons. The maximum absolute atomic E-state index is 13.5. The van der Waals surface area contributed by atoms with Crippen LogP contribution in [0.25, 0.3) is 0 Å². The Morgan fingerprint density at radius 1 is 1.50 bits per heavy atom. The van der Waals surface area contributed by atoms with Crippen LogP contribution in [0, 0.1) is 5.82 Å². The largest absolute Gasteiger partial charge is 0.398 e. The van der Waals surface area contributed by atoms with Gasteiger partial charge in [0.1, 0.15) is 5.82 Å². The van der Waals surface area contributed by atoms with Gasteiger partial charge in [0.25, 0.3) is 0 Å². The minimum Gasteiger partial charge on any atom is -0.398 e. The lowest BCUT2D eigenvalue weighted by Gasteiger charge is -2.25. The first kappa shape index (κ1) is 9.43. The van der Waals surface area contributed by atoms with E-state index in [1.807, 2.05) is 0 Å². The first-order valence-corrected chi connectivity index (χ1v) is 4.64. The molecule has 14 heavy (non-hydrogen) atoms. The number of anilines is 1. The Morgan fingerprint density at radius 3 is 3.00 bits per heavy atom. The van der Waals surface area contributed by atoms with Gasteiger partial charge in [-0.15, -0.1) is 0 Å². The summed E-state index contributed by atoms with van der Waals surface area (Å²) in [5, 5.41) is 3.17. The van der Waals surface area contributed by atoms with Crippen molar-refractivity contribution in [2.75, 3.05) is 25.5 Å². The quantitative estimate of drug-likeness (QED) is 0.660. The van der Waals surface area contributed by atoms with Crippen molar-refractivity contribution in [2.24, 2.45) is 0 Å². The number of nitrogens with two attached hydrogens (primary N) is 1. The molecule has 2 rings (SSSR count). The summed E-state index contributed by atoms with van der Waals surface area (Å²) >= 11 is 0. The van der Waals surface area contributed by atoms with E-state index >= 15 is 0 Å². The highest BCUT2D eigenvalue weighted by Gasteiger charge is 2.20. The molecule has 0 spiro atoms. The number of halogens is 1. The molecule has 76 valence electrons. The van der Waals surface area contributed by atoms with E-state index in [0.29, 0.717) is 24.5 Å². The molecule has 0 aliphatic carbocycles. The first-order chi connectivity index (χ1) is 6.79. The maximum atomic E-state index is 13.5. The standard InChI is InChI=1S/C10H13FN2O/c11-7-2-1-3-8(12)10(7)9-6-14-5-4-13-9/h1-3,9,13H,4-6,12H2/t9-/m1/s1. The number of hydrogen-bond acceptors (Lipinski definition) is 3. The molecule has 0 amide bonds. The molecule has 4 heteroatoms. The molecule has 1 fully saturated rings. The highest BCUT2D eigenvalue weighted by Crippen LogP contribution is 2.24. The van der Waals surface area contributed by atoms with E-state index in [2.05, 4.69) is 5.32 Å². The lowest BCUT2D eigenvalue weighted by molar-refractivity contribution is 0.0760. The molecule has 0 aromatic heterocycles. The van der Waals surface area contributed by atoms with Crippen molar-refractivity contribution in [1.29, 1.82) is 0 Å². The summed E-state index contributed by atoms with van der Waals surface area (Å²) in [7, 11) is 0. The van der Waals surface area contributed by atoms with Crippen molar-refractivity contribution in [2.45, 2.75) is 6.04 Å². The molecule has 1 aliphatic heterocycles.